The summed E-state index contributed by atoms with van der Waals surface area (Å²) in [5, 5.41) is 0. The predicted molar refractivity (Wildman–Crippen MR) is 69.9 cm³/mol. The molecule has 2 unspecified atom stereocenters. The Morgan fingerprint density at radius 2 is 2.12 bits per heavy atom. The second-order valence-electron chi connectivity index (χ2n) is 5.22. The first-order valence-electron chi connectivity index (χ1n) is 6.16. The fraction of sp³-hybridized carbons (Fsp3) is 0.500. The molecule has 17 heavy (non-hydrogen) atoms. The van der Waals surface area contributed by atoms with Crippen LogP contribution in [0.25, 0.3) is 0 Å². The maximum absolute atomic E-state index is 12.4. The number of aryl methyl sites for hydroxylation is 1. The molecule has 1 aromatic carbocycles. The number of amides is 1. The number of hydrogen-bond donors (Lipinski definition) is 1. The van der Waals surface area contributed by atoms with Crippen molar-refractivity contribution in [2.45, 2.75) is 33.2 Å². The lowest BCUT2D eigenvalue weighted by Gasteiger charge is -2.22. The SMILES string of the molecule is Cc1cc(N)ccc1C(=O)N1CC(C)CC1C. The lowest BCUT2D eigenvalue weighted by atomic mass is 10.1. The normalized spacial score (nSPS) is 24.1. The van der Waals surface area contributed by atoms with Crippen LogP contribution >= 0.6 is 0 Å². The molecule has 2 rings (SSSR count). The van der Waals surface area contributed by atoms with E-state index in [9.17, 15) is 4.79 Å². The van der Waals surface area contributed by atoms with Gasteiger partial charge in [-0.15, -0.1) is 0 Å². The molecule has 1 heterocycles. The summed E-state index contributed by atoms with van der Waals surface area (Å²) in [6, 6.07) is 5.83. The summed E-state index contributed by atoms with van der Waals surface area (Å²) in [7, 11) is 0. The van der Waals surface area contributed by atoms with Gasteiger partial charge in [-0.05, 0) is 49.9 Å². The Bertz CT molecular complexity index is 442. The van der Waals surface area contributed by atoms with Crippen molar-refractivity contribution in [3.8, 4) is 0 Å². The molecule has 0 aromatic heterocycles. The summed E-state index contributed by atoms with van der Waals surface area (Å²) in [6.07, 6.45) is 1.10. The smallest absolute Gasteiger partial charge is 0.254 e. The van der Waals surface area contributed by atoms with Gasteiger partial charge < -0.3 is 10.6 Å². The molecule has 0 aliphatic carbocycles. The van der Waals surface area contributed by atoms with E-state index in [1.54, 1.807) is 6.07 Å². The van der Waals surface area contributed by atoms with Crippen LogP contribution < -0.4 is 5.73 Å². The summed E-state index contributed by atoms with van der Waals surface area (Å²) in [4.78, 5) is 14.4. The van der Waals surface area contributed by atoms with Crippen molar-refractivity contribution in [3.05, 3.63) is 29.3 Å². The average molecular weight is 232 g/mol. The van der Waals surface area contributed by atoms with E-state index >= 15 is 0 Å². The number of benzene rings is 1. The Balaban J connectivity index is 2.25. The van der Waals surface area contributed by atoms with E-state index in [1.807, 2.05) is 24.0 Å². The number of carbonyl (C=O) groups excluding carboxylic acids is 1. The molecule has 2 atom stereocenters. The Labute approximate surface area is 103 Å². The lowest BCUT2D eigenvalue weighted by molar-refractivity contribution is 0.0743. The second kappa shape index (κ2) is 4.40. The summed E-state index contributed by atoms with van der Waals surface area (Å²) in [5.41, 5.74) is 8.15. The zero-order chi connectivity index (χ0) is 12.6. The van der Waals surface area contributed by atoms with E-state index in [4.69, 9.17) is 5.73 Å². The summed E-state index contributed by atoms with van der Waals surface area (Å²) in [5.74, 6) is 0.738. The third-order valence-corrected chi connectivity index (χ3v) is 3.53. The monoisotopic (exact) mass is 232 g/mol. The van der Waals surface area contributed by atoms with E-state index in [0.29, 0.717) is 17.6 Å². The molecule has 3 heteroatoms. The lowest BCUT2D eigenvalue weighted by Crippen LogP contribution is -2.34. The van der Waals surface area contributed by atoms with Gasteiger partial charge in [0.25, 0.3) is 5.91 Å². The highest BCUT2D eigenvalue weighted by molar-refractivity contribution is 5.96. The van der Waals surface area contributed by atoms with Gasteiger partial charge in [0.2, 0.25) is 0 Å². The molecule has 0 radical (unpaired) electrons. The molecular formula is C14H20N2O. The molecule has 3 nitrogen and oxygen atoms in total. The highest BCUT2D eigenvalue weighted by atomic mass is 16.2. The second-order valence-corrected chi connectivity index (χ2v) is 5.22. The van der Waals surface area contributed by atoms with Crippen molar-refractivity contribution < 1.29 is 4.79 Å². The number of rotatable bonds is 1. The van der Waals surface area contributed by atoms with Gasteiger partial charge >= 0.3 is 0 Å². The number of nitrogens with two attached hydrogens (primary N) is 1. The van der Waals surface area contributed by atoms with Crippen LogP contribution in [0, 0.1) is 12.8 Å². The molecule has 2 N–H and O–H groups in total. The van der Waals surface area contributed by atoms with Gasteiger partial charge in [-0.1, -0.05) is 6.92 Å². The Hall–Kier alpha value is -1.51. The number of nitrogen functional groups attached to an aromatic ring is 1. The van der Waals surface area contributed by atoms with Gasteiger partial charge in [0.1, 0.15) is 0 Å². The zero-order valence-corrected chi connectivity index (χ0v) is 10.7. The summed E-state index contributed by atoms with van der Waals surface area (Å²) >= 11 is 0. The van der Waals surface area contributed by atoms with Gasteiger partial charge in [0, 0.05) is 23.8 Å². The standard InChI is InChI=1S/C14H20N2O/c1-9-6-11(3)16(8-9)14(17)13-5-4-12(15)7-10(13)2/h4-5,7,9,11H,6,8,15H2,1-3H3. The van der Waals surface area contributed by atoms with Crippen LogP contribution in [-0.2, 0) is 0 Å². The van der Waals surface area contributed by atoms with E-state index in [1.165, 1.54) is 0 Å². The molecule has 1 fully saturated rings. The van der Waals surface area contributed by atoms with Crippen molar-refractivity contribution in [3.63, 3.8) is 0 Å². The summed E-state index contributed by atoms with van der Waals surface area (Å²) in [6.45, 7) is 7.12. The maximum Gasteiger partial charge on any atom is 0.254 e. The van der Waals surface area contributed by atoms with Crippen LogP contribution in [0.4, 0.5) is 5.69 Å². The molecule has 92 valence electrons. The maximum atomic E-state index is 12.4. The number of nitrogens with zero attached hydrogens (tertiary/aromatic N) is 1. The van der Waals surface area contributed by atoms with Crippen molar-refractivity contribution in [2.75, 3.05) is 12.3 Å². The molecule has 1 amide bonds. The first-order valence-corrected chi connectivity index (χ1v) is 6.16. The van der Waals surface area contributed by atoms with Crippen molar-refractivity contribution >= 4 is 11.6 Å². The van der Waals surface area contributed by atoms with E-state index in [0.717, 1.165) is 24.1 Å². The molecule has 0 bridgehead atoms. The molecule has 1 saturated heterocycles. The minimum atomic E-state index is 0.138. The highest BCUT2D eigenvalue weighted by Crippen LogP contribution is 2.25. The summed E-state index contributed by atoms with van der Waals surface area (Å²) < 4.78 is 0. The van der Waals surface area contributed by atoms with Crippen LogP contribution in [0.5, 0.6) is 0 Å². The van der Waals surface area contributed by atoms with Crippen molar-refractivity contribution in [1.82, 2.24) is 4.90 Å². The van der Waals surface area contributed by atoms with Gasteiger partial charge in [-0.25, -0.2) is 0 Å². The van der Waals surface area contributed by atoms with Crippen LogP contribution in [0.15, 0.2) is 18.2 Å². The number of hydrogen-bond acceptors (Lipinski definition) is 2. The molecule has 1 aliphatic rings. The van der Waals surface area contributed by atoms with Crippen LogP contribution in [0.2, 0.25) is 0 Å². The Morgan fingerprint density at radius 1 is 1.41 bits per heavy atom. The van der Waals surface area contributed by atoms with Gasteiger partial charge in [-0.3, -0.25) is 4.79 Å². The molecule has 0 saturated carbocycles. The minimum Gasteiger partial charge on any atom is -0.399 e. The molecule has 1 aliphatic heterocycles. The minimum absolute atomic E-state index is 0.138. The molecular weight excluding hydrogens is 212 g/mol. The van der Waals surface area contributed by atoms with E-state index in [-0.39, 0.29) is 5.91 Å². The molecule has 1 aromatic rings. The predicted octanol–water partition coefficient (Wildman–Crippen LogP) is 2.45. The third kappa shape index (κ3) is 2.28. The van der Waals surface area contributed by atoms with Crippen LogP contribution in [-0.4, -0.2) is 23.4 Å². The largest absolute Gasteiger partial charge is 0.399 e. The molecule has 0 spiro atoms. The fourth-order valence-corrected chi connectivity index (χ4v) is 2.66. The topological polar surface area (TPSA) is 46.3 Å². The number of anilines is 1. The third-order valence-electron chi connectivity index (χ3n) is 3.53. The van der Waals surface area contributed by atoms with Crippen LogP contribution in [0.3, 0.4) is 0 Å². The van der Waals surface area contributed by atoms with Crippen molar-refractivity contribution in [1.29, 1.82) is 0 Å². The van der Waals surface area contributed by atoms with E-state index in [2.05, 4.69) is 13.8 Å². The highest BCUT2D eigenvalue weighted by Gasteiger charge is 2.30. The Kier molecular flexibility index (Phi) is 3.09. The number of likely N-dealkylation sites (tertiary alicyclic amines) is 1. The van der Waals surface area contributed by atoms with Crippen molar-refractivity contribution in [2.24, 2.45) is 5.92 Å². The average Bonchev–Trinajstić information content (AvgIpc) is 2.57. The first kappa shape index (κ1) is 12.0. The quantitative estimate of drug-likeness (QED) is 0.756. The van der Waals surface area contributed by atoms with E-state index < -0.39 is 0 Å². The van der Waals surface area contributed by atoms with Crippen LogP contribution in [0.1, 0.15) is 36.2 Å². The Morgan fingerprint density at radius 3 is 2.65 bits per heavy atom. The first-order chi connectivity index (χ1) is 7.99. The van der Waals surface area contributed by atoms with Gasteiger partial charge in [0.05, 0.1) is 0 Å². The fourth-order valence-electron chi connectivity index (χ4n) is 2.66. The van der Waals surface area contributed by atoms with Gasteiger partial charge in [0.15, 0.2) is 0 Å². The number of carbonyl (C=O) groups is 1. The zero-order valence-electron chi connectivity index (χ0n) is 10.7. The van der Waals surface area contributed by atoms with Gasteiger partial charge in [-0.2, -0.15) is 0 Å².